The number of ether oxygens (including phenoxy) is 1. The van der Waals surface area contributed by atoms with Gasteiger partial charge in [0.25, 0.3) is 0 Å². The van der Waals surface area contributed by atoms with Crippen molar-refractivity contribution in [3.05, 3.63) is 28.0 Å². The number of carbonyl (C=O) groups is 1. The highest BCUT2D eigenvalue weighted by molar-refractivity contribution is 9.10. The number of hydrogen-bond acceptors (Lipinski definition) is 4. The fourth-order valence-electron chi connectivity index (χ4n) is 1.19. The molecule has 0 heterocycles. The minimum atomic E-state index is -4.13. The molecule has 0 saturated heterocycles. The standard InChI is InChI=1S/C10H11BrFNO4S/c1-2-3-17-10(14)7-4-6(12)5-8(9(7)11)18(13,15)16/h4-5H,2-3H2,1H3,(H2,13,15,16). The van der Waals surface area contributed by atoms with Crippen molar-refractivity contribution in [3.8, 4) is 0 Å². The number of hydrogen-bond donors (Lipinski definition) is 1. The van der Waals surface area contributed by atoms with E-state index in [-0.39, 0.29) is 16.6 Å². The average molecular weight is 340 g/mol. The van der Waals surface area contributed by atoms with Crippen LogP contribution in [0.15, 0.2) is 21.5 Å². The Morgan fingerprint density at radius 3 is 2.61 bits per heavy atom. The third-order valence-corrected chi connectivity index (χ3v) is 4.02. The molecule has 0 amide bonds. The molecule has 0 atom stereocenters. The monoisotopic (exact) mass is 339 g/mol. The van der Waals surface area contributed by atoms with Gasteiger partial charge >= 0.3 is 5.97 Å². The van der Waals surface area contributed by atoms with Crippen molar-refractivity contribution in [2.24, 2.45) is 5.14 Å². The summed E-state index contributed by atoms with van der Waals surface area (Å²) in [6, 6.07) is 1.62. The molecule has 2 N–H and O–H groups in total. The SMILES string of the molecule is CCCOC(=O)c1cc(F)cc(S(N)(=O)=O)c1Br. The summed E-state index contributed by atoms with van der Waals surface area (Å²) in [5.41, 5.74) is -0.215. The third-order valence-electron chi connectivity index (χ3n) is 1.97. The first-order valence-corrected chi connectivity index (χ1v) is 7.30. The van der Waals surface area contributed by atoms with Crippen molar-refractivity contribution in [1.82, 2.24) is 0 Å². The van der Waals surface area contributed by atoms with Crippen molar-refractivity contribution < 1.29 is 22.3 Å². The first kappa shape index (κ1) is 15.1. The minimum absolute atomic E-state index is 0.104. The molecule has 1 aromatic rings. The molecular formula is C10H11BrFNO4S. The van der Waals surface area contributed by atoms with Gasteiger partial charge in [-0.3, -0.25) is 0 Å². The molecule has 0 unspecified atom stereocenters. The summed E-state index contributed by atoms with van der Waals surface area (Å²) < 4.78 is 40.4. The smallest absolute Gasteiger partial charge is 0.339 e. The summed E-state index contributed by atoms with van der Waals surface area (Å²) in [7, 11) is -4.13. The molecule has 0 aliphatic rings. The van der Waals surface area contributed by atoms with E-state index in [9.17, 15) is 17.6 Å². The predicted molar refractivity (Wildman–Crippen MR) is 66.0 cm³/mol. The Balaban J connectivity index is 3.30. The molecule has 0 radical (unpaired) electrons. The van der Waals surface area contributed by atoms with E-state index in [0.29, 0.717) is 6.42 Å². The highest BCUT2D eigenvalue weighted by atomic mass is 79.9. The molecule has 0 aliphatic heterocycles. The van der Waals surface area contributed by atoms with E-state index >= 15 is 0 Å². The lowest BCUT2D eigenvalue weighted by molar-refractivity contribution is 0.0503. The highest BCUT2D eigenvalue weighted by Crippen LogP contribution is 2.27. The first-order valence-electron chi connectivity index (χ1n) is 4.96. The zero-order chi connectivity index (χ0) is 13.9. The van der Waals surface area contributed by atoms with Gasteiger partial charge in [0.2, 0.25) is 10.0 Å². The van der Waals surface area contributed by atoms with E-state index in [0.717, 1.165) is 12.1 Å². The van der Waals surface area contributed by atoms with Gasteiger partial charge in [0, 0.05) is 0 Å². The van der Waals surface area contributed by atoms with Crippen molar-refractivity contribution in [3.63, 3.8) is 0 Å². The van der Waals surface area contributed by atoms with Gasteiger partial charge in [0.15, 0.2) is 0 Å². The number of sulfonamides is 1. The van der Waals surface area contributed by atoms with Crippen molar-refractivity contribution in [2.75, 3.05) is 6.61 Å². The number of halogens is 2. The normalized spacial score (nSPS) is 11.3. The maximum atomic E-state index is 13.3. The Labute approximate surface area is 112 Å². The van der Waals surface area contributed by atoms with E-state index in [4.69, 9.17) is 9.88 Å². The summed E-state index contributed by atoms with van der Waals surface area (Å²) >= 11 is 2.92. The number of benzene rings is 1. The largest absolute Gasteiger partial charge is 0.462 e. The molecular weight excluding hydrogens is 329 g/mol. The van der Waals surface area contributed by atoms with Crippen LogP contribution in [-0.2, 0) is 14.8 Å². The summed E-state index contributed by atoms with van der Waals surface area (Å²) in [6.45, 7) is 1.95. The molecule has 0 saturated carbocycles. The van der Waals surface area contributed by atoms with Crippen LogP contribution < -0.4 is 5.14 Å². The van der Waals surface area contributed by atoms with Gasteiger partial charge in [0.05, 0.1) is 21.5 Å². The van der Waals surface area contributed by atoms with Gasteiger partial charge in [-0.15, -0.1) is 0 Å². The molecule has 5 nitrogen and oxygen atoms in total. The van der Waals surface area contributed by atoms with Gasteiger partial charge in [-0.05, 0) is 34.5 Å². The molecule has 0 spiro atoms. The predicted octanol–water partition coefficient (Wildman–Crippen LogP) is 1.80. The van der Waals surface area contributed by atoms with E-state index in [2.05, 4.69) is 15.9 Å². The van der Waals surface area contributed by atoms with Gasteiger partial charge in [-0.2, -0.15) is 0 Å². The fourth-order valence-corrected chi connectivity index (χ4v) is 2.90. The first-order chi connectivity index (χ1) is 8.27. The molecule has 0 aliphatic carbocycles. The molecule has 18 heavy (non-hydrogen) atoms. The Kier molecular flexibility index (Phi) is 4.83. The van der Waals surface area contributed by atoms with Crippen LogP contribution >= 0.6 is 15.9 Å². The van der Waals surface area contributed by atoms with Gasteiger partial charge in [-0.25, -0.2) is 22.7 Å². The summed E-state index contributed by atoms with van der Waals surface area (Å²) in [4.78, 5) is 11.1. The number of primary sulfonamides is 1. The number of rotatable bonds is 4. The lowest BCUT2D eigenvalue weighted by Crippen LogP contribution is -2.16. The summed E-state index contributed by atoms with van der Waals surface area (Å²) in [5, 5.41) is 4.92. The van der Waals surface area contributed by atoms with Crippen LogP contribution in [0.5, 0.6) is 0 Å². The van der Waals surface area contributed by atoms with Crippen LogP contribution in [0.4, 0.5) is 4.39 Å². The lowest BCUT2D eigenvalue weighted by atomic mass is 10.2. The average Bonchev–Trinajstić information content (AvgIpc) is 2.27. The second-order valence-electron chi connectivity index (χ2n) is 3.45. The minimum Gasteiger partial charge on any atom is -0.462 e. The van der Waals surface area contributed by atoms with Gasteiger partial charge in [0.1, 0.15) is 5.82 Å². The van der Waals surface area contributed by atoms with Crippen molar-refractivity contribution in [2.45, 2.75) is 18.2 Å². The zero-order valence-corrected chi connectivity index (χ0v) is 11.8. The molecule has 0 fully saturated rings. The Morgan fingerprint density at radius 1 is 1.50 bits per heavy atom. The molecule has 0 bridgehead atoms. The van der Waals surface area contributed by atoms with Gasteiger partial charge < -0.3 is 4.74 Å². The van der Waals surface area contributed by atoms with Gasteiger partial charge in [-0.1, -0.05) is 6.92 Å². The fraction of sp³-hybridized carbons (Fsp3) is 0.300. The van der Waals surface area contributed by atoms with Crippen molar-refractivity contribution in [1.29, 1.82) is 0 Å². The third kappa shape index (κ3) is 3.50. The molecule has 1 rings (SSSR count). The second kappa shape index (κ2) is 5.77. The van der Waals surface area contributed by atoms with Crippen molar-refractivity contribution >= 4 is 31.9 Å². The highest BCUT2D eigenvalue weighted by Gasteiger charge is 2.22. The Morgan fingerprint density at radius 2 is 2.11 bits per heavy atom. The second-order valence-corrected chi connectivity index (χ2v) is 5.77. The molecule has 1 aromatic carbocycles. The Bertz CT molecular complexity index is 573. The molecule has 100 valence electrons. The zero-order valence-electron chi connectivity index (χ0n) is 9.44. The quantitative estimate of drug-likeness (QED) is 0.847. The maximum Gasteiger partial charge on any atom is 0.339 e. The molecule has 8 heteroatoms. The van der Waals surface area contributed by atoms with Crippen LogP contribution in [0.2, 0.25) is 0 Å². The number of carbonyl (C=O) groups excluding carboxylic acids is 1. The van der Waals surface area contributed by atoms with Crippen LogP contribution in [0.1, 0.15) is 23.7 Å². The van der Waals surface area contributed by atoms with E-state index in [1.165, 1.54) is 0 Å². The van der Waals surface area contributed by atoms with E-state index in [1.807, 2.05) is 0 Å². The lowest BCUT2D eigenvalue weighted by Gasteiger charge is -2.08. The van der Waals surface area contributed by atoms with Crippen LogP contribution in [0.3, 0.4) is 0 Å². The summed E-state index contributed by atoms with van der Waals surface area (Å²) in [6.07, 6.45) is 0.598. The van der Waals surface area contributed by atoms with E-state index in [1.54, 1.807) is 6.92 Å². The Hall–Kier alpha value is -0.990. The summed E-state index contributed by atoms with van der Waals surface area (Å²) in [5.74, 6) is -1.70. The van der Waals surface area contributed by atoms with E-state index < -0.39 is 26.7 Å². The van der Waals surface area contributed by atoms with Crippen LogP contribution in [-0.4, -0.2) is 21.0 Å². The number of esters is 1. The van der Waals surface area contributed by atoms with Crippen LogP contribution in [0, 0.1) is 5.82 Å². The van der Waals surface area contributed by atoms with Crippen LogP contribution in [0.25, 0.3) is 0 Å². The number of nitrogens with two attached hydrogens (primary N) is 1. The molecule has 0 aromatic heterocycles. The topological polar surface area (TPSA) is 86.5 Å². The maximum absolute atomic E-state index is 13.3.